The first-order valence-corrected chi connectivity index (χ1v) is 15.3. The Morgan fingerprint density at radius 1 is 0.400 bits per heavy atom. The van der Waals surface area contributed by atoms with Crippen molar-refractivity contribution >= 4 is 20.0 Å². The molecule has 0 fully saturated rings. The van der Waals surface area contributed by atoms with Crippen LogP contribution in [0.25, 0.3) is 0 Å². The molecule has 0 heterocycles. The molecular weight excluding hydrogens is 423 g/mol. The second kappa shape index (κ2) is 14.7. The van der Waals surface area contributed by atoms with Crippen LogP contribution in [-0.2, 0) is 12.3 Å². The van der Waals surface area contributed by atoms with E-state index in [9.17, 15) is 0 Å². The topological polar surface area (TPSA) is 36.9 Å². The van der Waals surface area contributed by atoms with Gasteiger partial charge in [0, 0.05) is 0 Å². The molecule has 0 aliphatic rings. The Morgan fingerprint density at radius 2 is 0.560 bits per heavy atom. The second-order valence-electron chi connectivity index (χ2n) is 6.73. The van der Waals surface area contributed by atoms with Crippen LogP contribution in [-0.4, -0.2) is 44.4 Å². The van der Waals surface area contributed by atoms with Gasteiger partial charge < -0.3 is 0 Å². The molecular formula is C20H44O4Sn. The Hall–Kier alpha value is 0.639. The SMILES string of the molecule is CCC(CC)[O][Sn]([O]C(CC)CC)([O]C(CC)CC)[O]C(CC)CC. The number of hydrogen-bond donors (Lipinski definition) is 0. The van der Waals surface area contributed by atoms with E-state index in [1.54, 1.807) is 0 Å². The van der Waals surface area contributed by atoms with Crippen LogP contribution >= 0.6 is 0 Å². The van der Waals surface area contributed by atoms with Gasteiger partial charge in [-0.2, -0.15) is 0 Å². The molecule has 0 aromatic carbocycles. The fraction of sp³-hybridized carbons (Fsp3) is 1.00. The molecule has 0 amide bonds. The molecule has 5 heteroatoms. The number of rotatable bonds is 16. The first-order chi connectivity index (χ1) is 12.0. The minimum atomic E-state index is -4.14. The molecule has 0 saturated heterocycles. The predicted molar refractivity (Wildman–Crippen MR) is 108 cm³/mol. The van der Waals surface area contributed by atoms with Gasteiger partial charge in [0.1, 0.15) is 0 Å². The van der Waals surface area contributed by atoms with E-state index in [1.165, 1.54) is 0 Å². The van der Waals surface area contributed by atoms with Gasteiger partial charge in [0.25, 0.3) is 0 Å². The summed E-state index contributed by atoms with van der Waals surface area (Å²) in [4.78, 5) is 0. The van der Waals surface area contributed by atoms with E-state index in [2.05, 4.69) is 55.4 Å². The molecule has 0 aromatic rings. The van der Waals surface area contributed by atoms with Gasteiger partial charge in [-0.1, -0.05) is 0 Å². The summed E-state index contributed by atoms with van der Waals surface area (Å²) in [6, 6.07) is 0. The van der Waals surface area contributed by atoms with Crippen molar-refractivity contribution in [1.29, 1.82) is 0 Å². The molecule has 0 rings (SSSR count). The molecule has 0 bridgehead atoms. The Morgan fingerprint density at radius 3 is 0.680 bits per heavy atom. The summed E-state index contributed by atoms with van der Waals surface area (Å²) >= 11 is -4.14. The van der Waals surface area contributed by atoms with Crippen molar-refractivity contribution in [3.8, 4) is 0 Å². The molecule has 0 aromatic heterocycles. The second-order valence-corrected chi connectivity index (χ2v) is 12.3. The Balaban J connectivity index is 5.69. The van der Waals surface area contributed by atoms with E-state index in [0.717, 1.165) is 51.4 Å². The van der Waals surface area contributed by atoms with Crippen molar-refractivity contribution in [2.45, 2.75) is 131 Å². The molecule has 4 nitrogen and oxygen atoms in total. The first-order valence-electron chi connectivity index (χ1n) is 10.7. The van der Waals surface area contributed by atoms with Crippen LogP contribution < -0.4 is 0 Å². The van der Waals surface area contributed by atoms with Crippen LogP contribution in [0.1, 0.15) is 107 Å². The van der Waals surface area contributed by atoms with Crippen LogP contribution in [0.15, 0.2) is 0 Å². The maximum atomic E-state index is 6.58. The van der Waals surface area contributed by atoms with Gasteiger partial charge in [-0.15, -0.1) is 0 Å². The summed E-state index contributed by atoms with van der Waals surface area (Å²) in [5.41, 5.74) is 0. The van der Waals surface area contributed by atoms with E-state index >= 15 is 0 Å². The average Bonchev–Trinajstić information content (AvgIpc) is 2.66. The van der Waals surface area contributed by atoms with E-state index in [1.807, 2.05) is 0 Å². The zero-order valence-electron chi connectivity index (χ0n) is 18.1. The average molecular weight is 467 g/mol. The van der Waals surface area contributed by atoms with Crippen LogP contribution in [0, 0.1) is 0 Å². The van der Waals surface area contributed by atoms with Gasteiger partial charge in [-0.05, 0) is 0 Å². The molecule has 0 spiro atoms. The summed E-state index contributed by atoms with van der Waals surface area (Å²) in [5, 5.41) is 0. The number of hydrogen-bond acceptors (Lipinski definition) is 4. The van der Waals surface area contributed by atoms with E-state index in [-0.39, 0.29) is 24.4 Å². The van der Waals surface area contributed by atoms with Crippen molar-refractivity contribution in [2.24, 2.45) is 0 Å². The quantitative estimate of drug-likeness (QED) is 0.252. The fourth-order valence-corrected chi connectivity index (χ4v) is 12.2. The van der Waals surface area contributed by atoms with Crippen molar-refractivity contribution in [3.63, 3.8) is 0 Å². The summed E-state index contributed by atoms with van der Waals surface area (Å²) in [6.45, 7) is 17.3. The Bertz CT molecular complexity index is 237. The molecule has 0 N–H and O–H groups in total. The molecule has 25 heavy (non-hydrogen) atoms. The fourth-order valence-electron chi connectivity index (χ4n) is 2.80. The molecule has 0 atom stereocenters. The van der Waals surface area contributed by atoms with Crippen molar-refractivity contribution in [2.75, 3.05) is 0 Å². The van der Waals surface area contributed by atoms with E-state index in [0.29, 0.717) is 0 Å². The van der Waals surface area contributed by atoms with Crippen LogP contribution in [0.4, 0.5) is 0 Å². The third kappa shape index (κ3) is 9.41. The molecule has 0 radical (unpaired) electrons. The third-order valence-corrected chi connectivity index (χ3v) is 12.0. The Labute approximate surface area is 163 Å². The van der Waals surface area contributed by atoms with Crippen molar-refractivity contribution < 1.29 is 12.3 Å². The van der Waals surface area contributed by atoms with Gasteiger partial charge in [-0.3, -0.25) is 0 Å². The van der Waals surface area contributed by atoms with Gasteiger partial charge in [-0.25, -0.2) is 0 Å². The van der Waals surface area contributed by atoms with E-state index in [4.69, 9.17) is 12.3 Å². The van der Waals surface area contributed by atoms with E-state index < -0.39 is 20.0 Å². The third-order valence-electron chi connectivity index (χ3n) is 4.89. The van der Waals surface area contributed by atoms with Crippen LogP contribution in [0.3, 0.4) is 0 Å². The van der Waals surface area contributed by atoms with Crippen LogP contribution in [0.2, 0.25) is 0 Å². The van der Waals surface area contributed by atoms with Crippen LogP contribution in [0.5, 0.6) is 0 Å². The van der Waals surface area contributed by atoms with Gasteiger partial charge in [0.05, 0.1) is 0 Å². The van der Waals surface area contributed by atoms with Gasteiger partial charge in [0.15, 0.2) is 0 Å². The first kappa shape index (κ1) is 25.6. The molecule has 0 unspecified atom stereocenters. The summed E-state index contributed by atoms with van der Waals surface area (Å²) in [7, 11) is 0. The predicted octanol–water partition coefficient (Wildman–Crippen LogP) is 6.24. The van der Waals surface area contributed by atoms with Gasteiger partial charge in [0.2, 0.25) is 0 Å². The zero-order chi connectivity index (χ0) is 19.3. The van der Waals surface area contributed by atoms with Crippen molar-refractivity contribution in [3.05, 3.63) is 0 Å². The monoisotopic (exact) mass is 468 g/mol. The maximum absolute atomic E-state index is 6.58. The minimum absolute atomic E-state index is 0.147. The molecule has 0 aliphatic heterocycles. The summed E-state index contributed by atoms with van der Waals surface area (Å²) in [6.07, 6.45) is 8.26. The molecule has 0 saturated carbocycles. The normalized spacial score (nSPS) is 13.0. The molecule has 152 valence electrons. The van der Waals surface area contributed by atoms with Gasteiger partial charge >= 0.3 is 164 Å². The van der Waals surface area contributed by atoms with Crippen molar-refractivity contribution in [1.82, 2.24) is 0 Å². The standard InChI is InChI=1S/4C5H11O.Sn/c4*1-3-5(6)4-2;/h4*5H,3-4H2,1-2H3;/q4*-1;+4. The molecule has 0 aliphatic carbocycles. The summed E-state index contributed by atoms with van der Waals surface area (Å²) in [5.74, 6) is 0. The Kier molecular flexibility index (Phi) is 15.0. The zero-order valence-corrected chi connectivity index (χ0v) is 21.0. The summed E-state index contributed by atoms with van der Waals surface area (Å²) < 4.78 is 26.3.